The molecule has 2 heterocycles. The zero-order valence-electron chi connectivity index (χ0n) is 17.9. The number of rotatable bonds is 5. The zero-order valence-corrected chi connectivity index (χ0v) is 21.0. The standard InChI is InChI=1S/C24H18BrClN4O3S/c1-33-19-11-14(10-16(25)21(19)31)22-27-18-9-5-3-7-15(18)20-23(32)28-24(29-30(20)22)34-12-13-6-2-4-8-17(13)26/h2-11,22H,12H2,1H3,(H2,28,29,31,32)/p+1/t22-/m0/s1. The highest BCUT2D eigenvalue weighted by atomic mass is 79.9. The van der Waals surface area contributed by atoms with Crippen molar-refractivity contribution in [1.82, 2.24) is 10.1 Å². The Morgan fingerprint density at radius 2 is 1.97 bits per heavy atom. The zero-order chi connectivity index (χ0) is 23.8. The van der Waals surface area contributed by atoms with E-state index in [1.807, 2.05) is 48.5 Å². The highest BCUT2D eigenvalue weighted by molar-refractivity contribution is 9.10. The second-order valence-corrected chi connectivity index (χ2v) is 9.80. The number of phenols is 1. The minimum Gasteiger partial charge on any atom is -0.503 e. The maximum atomic E-state index is 13.3. The van der Waals surface area contributed by atoms with Crippen LogP contribution in [0.4, 0.5) is 5.69 Å². The van der Waals surface area contributed by atoms with Crippen LogP contribution in [0.3, 0.4) is 0 Å². The Morgan fingerprint density at radius 3 is 2.76 bits per heavy atom. The van der Waals surface area contributed by atoms with Gasteiger partial charge < -0.3 is 15.2 Å². The molecular weight excluding hydrogens is 540 g/mol. The van der Waals surface area contributed by atoms with Gasteiger partial charge in [-0.25, -0.2) is 0 Å². The third-order valence-corrected chi connectivity index (χ3v) is 7.38. The summed E-state index contributed by atoms with van der Waals surface area (Å²) in [7, 11) is 1.49. The molecule has 0 saturated carbocycles. The number of nitrogens with zero attached hydrogens (tertiary/aromatic N) is 2. The van der Waals surface area contributed by atoms with E-state index in [0.29, 0.717) is 31.8 Å². The first-order valence-corrected chi connectivity index (χ1v) is 12.5. The normalized spacial score (nSPS) is 14.1. The number of aromatic nitrogens is 3. The summed E-state index contributed by atoms with van der Waals surface area (Å²) in [6.07, 6.45) is -0.516. The van der Waals surface area contributed by atoms with Crippen LogP contribution in [0.15, 0.2) is 75.1 Å². The fourth-order valence-electron chi connectivity index (χ4n) is 3.85. The molecular formula is C24H19BrClN4O3S+. The number of aromatic amines is 1. The van der Waals surface area contributed by atoms with Gasteiger partial charge in [0.1, 0.15) is 0 Å². The number of methoxy groups -OCH3 is 1. The number of H-pyrrole nitrogens is 1. The molecule has 0 saturated heterocycles. The molecule has 0 radical (unpaired) electrons. The number of hydrogen-bond acceptors (Lipinski definition) is 6. The van der Waals surface area contributed by atoms with E-state index >= 15 is 0 Å². The first kappa shape index (κ1) is 22.8. The fourth-order valence-corrected chi connectivity index (χ4v) is 5.44. The second-order valence-electron chi connectivity index (χ2n) is 7.58. The summed E-state index contributed by atoms with van der Waals surface area (Å²) in [5.41, 5.74) is 3.44. The molecule has 34 heavy (non-hydrogen) atoms. The number of hydrogen-bond donors (Lipinski definition) is 3. The number of nitrogens with one attached hydrogen (secondary N) is 2. The Bertz CT molecular complexity index is 1460. The van der Waals surface area contributed by atoms with Gasteiger partial charge in [0.25, 0.3) is 6.17 Å². The number of benzene rings is 3. The summed E-state index contributed by atoms with van der Waals surface area (Å²) in [4.78, 5) is 16.2. The van der Waals surface area contributed by atoms with Crippen molar-refractivity contribution in [3.8, 4) is 22.8 Å². The molecule has 172 valence electrons. The van der Waals surface area contributed by atoms with Crippen molar-refractivity contribution in [3.63, 3.8) is 0 Å². The van der Waals surface area contributed by atoms with E-state index in [2.05, 4.69) is 26.2 Å². The monoisotopic (exact) mass is 557 g/mol. The van der Waals surface area contributed by atoms with Crippen LogP contribution < -0.4 is 20.3 Å². The van der Waals surface area contributed by atoms with E-state index in [1.165, 1.54) is 18.9 Å². The van der Waals surface area contributed by atoms with E-state index in [1.54, 1.807) is 16.8 Å². The first-order valence-electron chi connectivity index (χ1n) is 10.3. The molecule has 1 atom stereocenters. The molecule has 0 amide bonds. The quantitative estimate of drug-likeness (QED) is 0.233. The van der Waals surface area contributed by atoms with Gasteiger partial charge >= 0.3 is 11.3 Å². The third kappa shape index (κ3) is 4.15. The Balaban J connectivity index is 1.62. The van der Waals surface area contributed by atoms with Crippen LogP contribution in [-0.2, 0) is 5.75 Å². The number of fused-ring (bicyclic) bond motifs is 3. The Kier molecular flexibility index (Phi) is 6.24. The number of ether oxygens (including phenoxy) is 1. The Hall–Kier alpha value is -3.01. The maximum absolute atomic E-state index is 13.3. The largest absolute Gasteiger partial charge is 0.503 e. The minimum atomic E-state index is -0.516. The van der Waals surface area contributed by atoms with Crippen molar-refractivity contribution in [3.05, 3.63) is 91.6 Å². The third-order valence-electron chi connectivity index (χ3n) is 5.49. The lowest BCUT2D eigenvalue weighted by Gasteiger charge is -2.23. The van der Waals surface area contributed by atoms with Crippen molar-refractivity contribution in [2.75, 3.05) is 12.4 Å². The predicted molar refractivity (Wildman–Crippen MR) is 136 cm³/mol. The minimum absolute atomic E-state index is 0.00235. The Labute approximate surface area is 212 Å². The lowest BCUT2D eigenvalue weighted by Crippen LogP contribution is -2.55. The smallest absolute Gasteiger partial charge is 0.325 e. The summed E-state index contributed by atoms with van der Waals surface area (Å²) < 4.78 is 7.49. The van der Waals surface area contributed by atoms with Gasteiger partial charge in [-0.2, -0.15) is 0 Å². The molecule has 0 unspecified atom stereocenters. The van der Waals surface area contributed by atoms with Crippen molar-refractivity contribution >= 4 is 45.0 Å². The van der Waals surface area contributed by atoms with Gasteiger partial charge in [-0.1, -0.05) is 53.7 Å². The van der Waals surface area contributed by atoms with E-state index in [4.69, 9.17) is 21.4 Å². The average Bonchev–Trinajstić information content (AvgIpc) is 2.84. The second kappa shape index (κ2) is 9.32. The van der Waals surface area contributed by atoms with E-state index in [9.17, 15) is 9.90 Å². The number of para-hydroxylation sites is 1. The van der Waals surface area contributed by atoms with Gasteiger partial charge in [-0.05, 0) is 56.5 Å². The van der Waals surface area contributed by atoms with Gasteiger partial charge in [0.15, 0.2) is 11.5 Å². The van der Waals surface area contributed by atoms with Gasteiger partial charge in [-0.3, -0.25) is 9.78 Å². The van der Waals surface area contributed by atoms with Crippen LogP contribution >= 0.6 is 39.3 Å². The van der Waals surface area contributed by atoms with Crippen molar-refractivity contribution in [2.45, 2.75) is 17.1 Å². The van der Waals surface area contributed by atoms with Crippen molar-refractivity contribution in [2.24, 2.45) is 0 Å². The summed E-state index contributed by atoms with van der Waals surface area (Å²) in [6.45, 7) is 0. The van der Waals surface area contributed by atoms with Gasteiger partial charge in [0.05, 0.1) is 22.8 Å². The number of halogens is 2. The predicted octanol–water partition coefficient (Wildman–Crippen LogP) is 5.12. The average molecular weight is 559 g/mol. The molecule has 1 aliphatic heterocycles. The van der Waals surface area contributed by atoms with Crippen LogP contribution in [0.25, 0.3) is 11.3 Å². The Morgan fingerprint density at radius 1 is 1.21 bits per heavy atom. The number of phenolic OH excluding ortho intramolecular Hbond substituents is 1. The molecule has 1 aliphatic rings. The summed E-state index contributed by atoms with van der Waals surface area (Å²) in [5.74, 6) is 0.864. The topological polar surface area (TPSA) is 91.1 Å². The van der Waals surface area contributed by atoms with E-state index in [-0.39, 0.29) is 11.3 Å². The van der Waals surface area contributed by atoms with Crippen molar-refractivity contribution in [1.29, 1.82) is 0 Å². The molecule has 0 bridgehead atoms. The summed E-state index contributed by atoms with van der Waals surface area (Å²) in [5, 5.41) is 19.7. The molecule has 0 spiro atoms. The molecule has 7 nitrogen and oxygen atoms in total. The fraction of sp³-hybridized carbons (Fsp3) is 0.125. The number of anilines is 1. The van der Waals surface area contributed by atoms with Crippen LogP contribution in [0.1, 0.15) is 17.3 Å². The summed E-state index contributed by atoms with van der Waals surface area (Å²) in [6, 6.07) is 18.7. The van der Waals surface area contributed by atoms with Crippen molar-refractivity contribution < 1.29 is 14.5 Å². The molecule has 10 heteroatoms. The summed E-state index contributed by atoms with van der Waals surface area (Å²) >= 11 is 11.1. The van der Waals surface area contributed by atoms with Crippen LogP contribution in [0, 0.1) is 0 Å². The van der Waals surface area contributed by atoms with Gasteiger partial charge in [-0.15, -0.1) is 0 Å². The number of aromatic hydroxyl groups is 1. The van der Waals surface area contributed by atoms with Gasteiger partial charge in [0.2, 0.25) is 5.16 Å². The molecule has 0 fully saturated rings. The molecule has 4 aromatic rings. The van der Waals surface area contributed by atoms with Crippen LogP contribution in [-0.4, -0.2) is 22.3 Å². The molecule has 3 N–H and O–H groups in total. The SMILES string of the molecule is COc1cc([C@H]2Nc3ccccc3-c3c(=O)[nH]c(SCc4ccccc4Cl)n[n+]32)cc(Br)c1O. The van der Waals surface area contributed by atoms with E-state index < -0.39 is 6.17 Å². The molecule has 5 rings (SSSR count). The maximum Gasteiger partial charge on any atom is 0.325 e. The van der Waals surface area contributed by atoms with E-state index in [0.717, 1.165) is 22.4 Å². The lowest BCUT2D eigenvalue weighted by atomic mass is 10.0. The first-order chi connectivity index (χ1) is 16.5. The highest BCUT2D eigenvalue weighted by Crippen LogP contribution is 2.39. The molecule has 0 aliphatic carbocycles. The van der Waals surface area contributed by atoms with Gasteiger partial charge in [0, 0.05) is 21.4 Å². The van der Waals surface area contributed by atoms with Crippen LogP contribution in [0.2, 0.25) is 5.02 Å². The molecule has 3 aromatic carbocycles. The molecule has 1 aromatic heterocycles. The highest BCUT2D eigenvalue weighted by Gasteiger charge is 2.38. The number of thioether (sulfide) groups is 1. The van der Waals surface area contributed by atoms with Crippen LogP contribution in [0.5, 0.6) is 11.5 Å². The lowest BCUT2D eigenvalue weighted by molar-refractivity contribution is -0.759.